The Bertz CT molecular complexity index is 364. The largest absolute Gasteiger partial charge is 0.479 e. The smallest absolute Gasteiger partial charge is 0.341 e. The van der Waals surface area contributed by atoms with E-state index in [4.69, 9.17) is 9.84 Å². The standard InChI is InChI=1S/C10H14N2O3/c1-6(2)10-11-7(3)4-8(12-10)15-5-9(13)14/h4,6H,5H2,1-3H3,(H,13,14). The first-order chi connectivity index (χ1) is 6.99. The molecule has 0 radical (unpaired) electrons. The molecule has 5 nitrogen and oxygen atoms in total. The summed E-state index contributed by atoms with van der Waals surface area (Å²) >= 11 is 0. The minimum atomic E-state index is -1.02. The molecule has 0 aliphatic carbocycles. The molecule has 0 fully saturated rings. The molecule has 0 aliphatic heterocycles. The number of aromatic nitrogens is 2. The summed E-state index contributed by atoms with van der Waals surface area (Å²) in [4.78, 5) is 18.6. The zero-order valence-corrected chi connectivity index (χ0v) is 9.02. The van der Waals surface area contributed by atoms with Crippen LogP contribution in [0.2, 0.25) is 0 Å². The molecule has 1 rings (SSSR count). The Morgan fingerprint density at radius 2 is 2.20 bits per heavy atom. The highest BCUT2D eigenvalue weighted by atomic mass is 16.5. The van der Waals surface area contributed by atoms with Gasteiger partial charge in [0.15, 0.2) is 6.61 Å². The van der Waals surface area contributed by atoms with E-state index in [0.29, 0.717) is 11.7 Å². The van der Waals surface area contributed by atoms with E-state index in [0.717, 1.165) is 5.69 Å². The second kappa shape index (κ2) is 4.72. The zero-order chi connectivity index (χ0) is 11.4. The van der Waals surface area contributed by atoms with Crippen LogP contribution in [0.15, 0.2) is 6.07 Å². The number of aliphatic carboxylic acids is 1. The summed E-state index contributed by atoms with van der Waals surface area (Å²) in [5.74, 6) is 0.151. The summed E-state index contributed by atoms with van der Waals surface area (Å²) < 4.78 is 4.99. The van der Waals surface area contributed by atoms with E-state index in [9.17, 15) is 4.79 Å². The minimum Gasteiger partial charge on any atom is -0.479 e. The molecule has 0 aromatic carbocycles. The predicted octanol–water partition coefficient (Wildman–Crippen LogP) is 1.37. The highest BCUT2D eigenvalue weighted by Crippen LogP contribution is 2.14. The molecular weight excluding hydrogens is 196 g/mol. The van der Waals surface area contributed by atoms with Gasteiger partial charge in [-0.05, 0) is 6.92 Å². The average Bonchev–Trinajstić information content (AvgIpc) is 2.13. The number of hydrogen-bond acceptors (Lipinski definition) is 4. The van der Waals surface area contributed by atoms with Crippen LogP contribution in [-0.4, -0.2) is 27.7 Å². The Morgan fingerprint density at radius 3 is 2.73 bits per heavy atom. The number of carboxylic acids is 1. The van der Waals surface area contributed by atoms with Crippen LogP contribution in [0.25, 0.3) is 0 Å². The second-order valence-corrected chi connectivity index (χ2v) is 3.54. The van der Waals surface area contributed by atoms with E-state index in [2.05, 4.69) is 9.97 Å². The van der Waals surface area contributed by atoms with Crippen LogP contribution < -0.4 is 4.74 Å². The van der Waals surface area contributed by atoms with Crippen LogP contribution in [0.4, 0.5) is 0 Å². The number of hydrogen-bond donors (Lipinski definition) is 1. The third-order valence-electron chi connectivity index (χ3n) is 1.71. The van der Waals surface area contributed by atoms with Gasteiger partial charge in [-0.1, -0.05) is 13.8 Å². The summed E-state index contributed by atoms with van der Waals surface area (Å²) in [7, 11) is 0. The maximum Gasteiger partial charge on any atom is 0.341 e. The topological polar surface area (TPSA) is 72.3 Å². The van der Waals surface area contributed by atoms with Crippen molar-refractivity contribution in [3.8, 4) is 5.88 Å². The van der Waals surface area contributed by atoms with Crippen LogP contribution in [0.3, 0.4) is 0 Å². The summed E-state index contributed by atoms with van der Waals surface area (Å²) in [6.07, 6.45) is 0. The molecule has 1 N–H and O–H groups in total. The Balaban J connectivity index is 2.84. The van der Waals surface area contributed by atoms with E-state index in [1.165, 1.54) is 0 Å². The van der Waals surface area contributed by atoms with Gasteiger partial charge in [0.05, 0.1) is 0 Å². The lowest BCUT2D eigenvalue weighted by Gasteiger charge is -2.08. The molecule has 0 aliphatic rings. The molecule has 5 heteroatoms. The van der Waals surface area contributed by atoms with Crippen molar-refractivity contribution < 1.29 is 14.6 Å². The third kappa shape index (κ3) is 3.53. The molecule has 0 atom stereocenters. The Hall–Kier alpha value is -1.65. The lowest BCUT2D eigenvalue weighted by molar-refractivity contribution is -0.139. The molecule has 1 aromatic heterocycles. The van der Waals surface area contributed by atoms with Crippen molar-refractivity contribution in [1.82, 2.24) is 9.97 Å². The minimum absolute atomic E-state index is 0.192. The number of ether oxygens (including phenoxy) is 1. The van der Waals surface area contributed by atoms with Gasteiger partial charge in [-0.3, -0.25) is 0 Å². The number of rotatable bonds is 4. The normalized spacial score (nSPS) is 10.4. The summed E-state index contributed by atoms with van der Waals surface area (Å²) in [5.41, 5.74) is 0.772. The van der Waals surface area contributed by atoms with Gasteiger partial charge < -0.3 is 9.84 Å². The van der Waals surface area contributed by atoms with Crippen LogP contribution in [-0.2, 0) is 4.79 Å². The van der Waals surface area contributed by atoms with Gasteiger partial charge in [0.25, 0.3) is 0 Å². The SMILES string of the molecule is Cc1cc(OCC(=O)O)nc(C(C)C)n1. The van der Waals surface area contributed by atoms with Gasteiger partial charge in [0, 0.05) is 17.7 Å². The zero-order valence-electron chi connectivity index (χ0n) is 9.02. The monoisotopic (exact) mass is 210 g/mol. The molecule has 0 saturated carbocycles. The van der Waals surface area contributed by atoms with Crippen LogP contribution >= 0.6 is 0 Å². The first kappa shape index (κ1) is 11.4. The third-order valence-corrected chi connectivity index (χ3v) is 1.71. The molecule has 1 heterocycles. The Labute approximate surface area is 88.1 Å². The fourth-order valence-corrected chi connectivity index (χ4v) is 1.03. The van der Waals surface area contributed by atoms with Gasteiger partial charge in [-0.2, -0.15) is 4.98 Å². The molecule has 15 heavy (non-hydrogen) atoms. The molecule has 82 valence electrons. The molecule has 0 spiro atoms. The van der Waals surface area contributed by atoms with Gasteiger partial charge in [-0.25, -0.2) is 9.78 Å². The number of aryl methyl sites for hydroxylation is 1. The lowest BCUT2D eigenvalue weighted by atomic mass is 10.2. The van der Waals surface area contributed by atoms with Crippen LogP contribution in [0.1, 0.15) is 31.3 Å². The molecule has 0 unspecified atom stereocenters. The van der Waals surface area contributed by atoms with Gasteiger partial charge in [-0.15, -0.1) is 0 Å². The summed E-state index contributed by atoms with van der Waals surface area (Å²) in [6, 6.07) is 1.62. The Kier molecular flexibility index (Phi) is 3.60. The lowest BCUT2D eigenvalue weighted by Crippen LogP contribution is -2.11. The van der Waals surface area contributed by atoms with Crippen molar-refractivity contribution >= 4 is 5.97 Å². The van der Waals surface area contributed by atoms with Crippen LogP contribution in [0, 0.1) is 6.92 Å². The van der Waals surface area contributed by atoms with E-state index in [-0.39, 0.29) is 12.5 Å². The highest BCUT2D eigenvalue weighted by Gasteiger charge is 2.07. The fraction of sp³-hybridized carbons (Fsp3) is 0.500. The quantitative estimate of drug-likeness (QED) is 0.812. The van der Waals surface area contributed by atoms with Crippen molar-refractivity contribution in [2.75, 3.05) is 6.61 Å². The Morgan fingerprint density at radius 1 is 1.53 bits per heavy atom. The first-order valence-electron chi connectivity index (χ1n) is 4.69. The van der Waals surface area contributed by atoms with Crippen molar-refractivity contribution in [2.45, 2.75) is 26.7 Å². The van der Waals surface area contributed by atoms with Gasteiger partial charge >= 0.3 is 5.97 Å². The predicted molar refractivity (Wildman–Crippen MR) is 54.0 cm³/mol. The first-order valence-corrected chi connectivity index (χ1v) is 4.69. The van der Waals surface area contributed by atoms with Crippen molar-refractivity contribution in [3.05, 3.63) is 17.6 Å². The van der Waals surface area contributed by atoms with Crippen molar-refractivity contribution in [2.24, 2.45) is 0 Å². The maximum atomic E-state index is 10.3. The van der Waals surface area contributed by atoms with E-state index in [1.807, 2.05) is 20.8 Å². The van der Waals surface area contributed by atoms with E-state index in [1.54, 1.807) is 6.07 Å². The van der Waals surface area contributed by atoms with Crippen LogP contribution in [0.5, 0.6) is 5.88 Å². The van der Waals surface area contributed by atoms with E-state index < -0.39 is 5.97 Å². The maximum absolute atomic E-state index is 10.3. The van der Waals surface area contributed by atoms with Gasteiger partial charge in [0.1, 0.15) is 5.82 Å². The number of carboxylic acid groups (broad SMARTS) is 1. The average molecular weight is 210 g/mol. The van der Waals surface area contributed by atoms with E-state index >= 15 is 0 Å². The fourth-order valence-electron chi connectivity index (χ4n) is 1.03. The number of nitrogens with zero attached hydrogens (tertiary/aromatic N) is 2. The number of carbonyl (C=O) groups is 1. The molecular formula is C10H14N2O3. The van der Waals surface area contributed by atoms with Crippen molar-refractivity contribution in [3.63, 3.8) is 0 Å². The summed E-state index contributed by atoms with van der Waals surface area (Å²) in [5, 5.41) is 8.45. The highest BCUT2D eigenvalue weighted by molar-refractivity contribution is 5.68. The molecule has 0 saturated heterocycles. The van der Waals surface area contributed by atoms with Gasteiger partial charge in [0.2, 0.25) is 5.88 Å². The van der Waals surface area contributed by atoms with Crippen molar-refractivity contribution in [1.29, 1.82) is 0 Å². The summed E-state index contributed by atoms with van der Waals surface area (Å²) in [6.45, 7) is 5.38. The molecule has 0 amide bonds. The molecule has 0 bridgehead atoms. The second-order valence-electron chi connectivity index (χ2n) is 3.54. The molecule has 1 aromatic rings.